The summed E-state index contributed by atoms with van der Waals surface area (Å²) < 4.78 is 0. The molecule has 0 aliphatic heterocycles. The van der Waals surface area contributed by atoms with Crippen molar-refractivity contribution in [1.82, 2.24) is 5.32 Å². The van der Waals surface area contributed by atoms with E-state index < -0.39 is 0 Å². The fraction of sp³-hybridized carbons (Fsp3) is 0.308. The van der Waals surface area contributed by atoms with Gasteiger partial charge < -0.3 is 11.1 Å². The van der Waals surface area contributed by atoms with Gasteiger partial charge in [0.1, 0.15) is 0 Å². The monoisotopic (exact) mass is 218 g/mol. The predicted octanol–water partition coefficient (Wildman–Crippen LogP) is 1.55. The number of amides is 1. The summed E-state index contributed by atoms with van der Waals surface area (Å²) in [4.78, 5) is 10.5. The number of hydrogen-bond donors (Lipinski definition) is 2. The molecule has 0 atom stereocenters. The molecule has 0 aliphatic carbocycles. The van der Waals surface area contributed by atoms with E-state index in [0.29, 0.717) is 13.0 Å². The first kappa shape index (κ1) is 12.5. The smallest absolute Gasteiger partial charge is 0.218 e. The fourth-order valence-corrected chi connectivity index (χ4v) is 1.38. The lowest BCUT2D eigenvalue weighted by atomic mass is 10.1. The number of rotatable bonds is 6. The van der Waals surface area contributed by atoms with Gasteiger partial charge in [0, 0.05) is 19.5 Å². The van der Waals surface area contributed by atoms with Crippen LogP contribution in [0.1, 0.15) is 18.9 Å². The van der Waals surface area contributed by atoms with Crippen LogP contribution in [0.5, 0.6) is 0 Å². The molecule has 86 valence electrons. The molecule has 0 bridgehead atoms. The number of nitrogens with one attached hydrogen (secondary N) is 1. The maximum atomic E-state index is 10.5. The minimum Gasteiger partial charge on any atom is -0.370 e. The molecule has 3 heteroatoms. The minimum absolute atomic E-state index is 0.266. The summed E-state index contributed by atoms with van der Waals surface area (Å²) in [6, 6.07) is 10.1. The Kier molecular flexibility index (Phi) is 5.29. The van der Waals surface area contributed by atoms with Crippen molar-refractivity contribution in [3.05, 3.63) is 41.5 Å². The third-order valence-corrected chi connectivity index (χ3v) is 2.16. The predicted molar refractivity (Wildman–Crippen MR) is 66.8 cm³/mol. The molecule has 0 radical (unpaired) electrons. The Hall–Kier alpha value is -1.61. The number of nitrogens with two attached hydrogens (primary N) is 1. The number of hydrogen-bond acceptors (Lipinski definition) is 2. The van der Waals surface area contributed by atoms with Gasteiger partial charge in [-0.15, -0.1) is 0 Å². The maximum absolute atomic E-state index is 10.5. The van der Waals surface area contributed by atoms with Crippen LogP contribution < -0.4 is 11.1 Å². The fourth-order valence-electron chi connectivity index (χ4n) is 1.38. The third-order valence-electron chi connectivity index (χ3n) is 2.16. The molecular weight excluding hydrogens is 200 g/mol. The van der Waals surface area contributed by atoms with E-state index in [1.807, 2.05) is 18.2 Å². The highest BCUT2D eigenvalue weighted by molar-refractivity contribution is 5.73. The van der Waals surface area contributed by atoms with Crippen LogP contribution in [0, 0.1) is 0 Å². The molecule has 3 N–H and O–H groups in total. The largest absolute Gasteiger partial charge is 0.370 e. The number of carbonyl (C=O) groups is 1. The first-order chi connectivity index (χ1) is 7.68. The SMILES string of the molecule is C/C(=C/c1ccccc1)CNCCC(N)=O. The molecule has 0 fully saturated rings. The molecule has 0 saturated heterocycles. The van der Waals surface area contributed by atoms with Crippen molar-refractivity contribution in [2.75, 3.05) is 13.1 Å². The topological polar surface area (TPSA) is 55.1 Å². The second-order valence-electron chi connectivity index (χ2n) is 3.79. The highest BCUT2D eigenvalue weighted by atomic mass is 16.1. The summed E-state index contributed by atoms with van der Waals surface area (Å²) in [5.41, 5.74) is 7.46. The van der Waals surface area contributed by atoms with Gasteiger partial charge in [0.15, 0.2) is 0 Å². The summed E-state index contributed by atoms with van der Waals surface area (Å²) in [6.07, 6.45) is 2.51. The zero-order chi connectivity index (χ0) is 11.8. The Morgan fingerprint density at radius 3 is 2.69 bits per heavy atom. The van der Waals surface area contributed by atoms with E-state index in [0.717, 1.165) is 6.54 Å². The van der Waals surface area contributed by atoms with Gasteiger partial charge in [-0.1, -0.05) is 42.0 Å². The van der Waals surface area contributed by atoms with Gasteiger partial charge in [-0.2, -0.15) is 0 Å². The van der Waals surface area contributed by atoms with Crippen molar-refractivity contribution in [1.29, 1.82) is 0 Å². The molecule has 16 heavy (non-hydrogen) atoms. The van der Waals surface area contributed by atoms with E-state index >= 15 is 0 Å². The van der Waals surface area contributed by atoms with Crippen molar-refractivity contribution < 1.29 is 4.79 Å². The van der Waals surface area contributed by atoms with Gasteiger partial charge in [0.2, 0.25) is 5.91 Å². The van der Waals surface area contributed by atoms with Crippen molar-refractivity contribution in [3.8, 4) is 0 Å². The van der Waals surface area contributed by atoms with Gasteiger partial charge in [-0.25, -0.2) is 0 Å². The van der Waals surface area contributed by atoms with Gasteiger partial charge >= 0.3 is 0 Å². The molecule has 3 nitrogen and oxygen atoms in total. The summed E-state index contributed by atoms with van der Waals surface area (Å²) in [7, 11) is 0. The van der Waals surface area contributed by atoms with Gasteiger partial charge in [-0.3, -0.25) is 4.79 Å². The van der Waals surface area contributed by atoms with Gasteiger partial charge in [0.05, 0.1) is 0 Å². The molecule has 0 spiro atoms. The lowest BCUT2D eigenvalue weighted by Gasteiger charge is -2.03. The normalized spacial score (nSPS) is 11.4. The minimum atomic E-state index is -0.266. The highest BCUT2D eigenvalue weighted by Crippen LogP contribution is 2.04. The Morgan fingerprint density at radius 2 is 2.06 bits per heavy atom. The van der Waals surface area contributed by atoms with Crippen molar-refractivity contribution in [2.24, 2.45) is 5.73 Å². The van der Waals surface area contributed by atoms with Crippen LogP contribution in [-0.2, 0) is 4.79 Å². The van der Waals surface area contributed by atoms with Crippen LogP contribution in [0.2, 0.25) is 0 Å². The molecule has 0 heterocycles. The number of carbonyl (C=O) groups excluding carboxylic acids is 1. The van der Waals surface area contributed by atoms with E-state index in [1.165, 1.54) is 11.1 Å². The van der Waals surface area contributed by atoms with E-state index in [9.17, 15) is 4.79 Å². The zero-order valence-electron chi connectivity index (χ0n) is 9.57. The standard InChI is InChI=1S/C13H18N2O/c1-11(10-15-8-7-13(14)16)9-12-5-3-2-4-6-12/h2-6,9,15H,7-8,10H2,1H3,(H2,14,16)/b11-9-. The second-order valence-corrected chi connectivity index (χ2v) is 3.79. The zero-order valence-corrected chi connectivity index (χ0v) is 9.57. The second kappa shape index (κ2) is 6.80. The average molecular weight is 218 g/mol. The average Bonchev–Trinajstić information content (AvgIpc) is 2.25. The molecule has 0 aliphatic rings. The number of primary amides is 1. The van der Waals surface area contributed by atoms with Crippen LogP contribution in [0.25, 0.3) is 6.08 Å². The quantitative estimate of drug-likeness (QED) is 0.712. The van der Waals surface area contributed by atoms with Crippen molar-refractivity contribution >= 4 is 12.0 Å². The summed E-state index contributed by atoms with van der Waals surface area (Å²) in [6.45, 7) is 3.47. The lowest BCUT2D eigenvalue weighted by Crippen LogP contribution is -2.23. The molecule has 0 aromatic heterocycles. The highest BCUT2D eigenvalue weighted by Gasteiger charge is 1.94. The summed E-state index contributed by atoms with van der Waals surface area (Å²) in [5.74, 6) is -0.266. The van der Waals surface area contributed by atoms with E-state index in [-0.39, 0.29) is 5.91 Å². The lowest BCUT2D eigenvalue weighted by molar-refractivity contribution is -0.117. The summed E-state index contributed by atoms with van der Waals surface area (Å²) in [5, 5.41) is 3.17. The molecule has 1 aromatic rings. The van der Waals surface area contributed by atoms with Crippen LogP contribution in [0.4, 0.5) is 0 Å². The molecule has 1 aromatic carbocycles. The maximum Gasteiger partial charge on any atom is 0.218 e. The van der Waals surface area contributed by atoms with Crippen LogP contribution in [0.3, 0.4) is 0 Å². The summed E-state index contributed by atoms with van der Waals surface area (Å²) >= 11 is 0. The molecule has 1 rings (SSSR count). The van der Waals surface area contributed by atoms with Crippen molar-refractivity contribution in [3.63, 3.8) is 0 Å². The molecular formula is C13H18N2O. The molecule has 1 amide bonds. The van der Waals surface area contributed by atoms with E-state index in [2.05, 4.69) is 30.4 Å². The third kappa shape index (κ3) is 5.32. The molecule has 0 saturated carbocycles. The first-order valence-electron chi connectivity index (χ1n) is 5.40. The van der Waals surface area contributed by atoms with Crippen LogP contribution in [-0.4, -0.2) is 19.0 Å². The molecule has 0 unspecified atom stereocenters. The van der Waals surface area contributed by atoms with E-state index in [4.69, 9.17) is 5.73 Å². The van der Waals surface area contributed by atoms with Gasteiger partial charge in [0.25, 0.3) is 0 Å². The Balaban J connectivity index is 2.32. The Morgan fingerprint density at radius 1 is 1.38 bits per heavy atom. The number of benzene rings is 1. The Bertz CT molecular complexity index is 357. The van der Waals surface area contributed by atoms with Crippen molar-refractivity contribution in [2.45, 2.75) is 13.3 Å². The van der Waals surface area contributed by atoms with Gasteiger partial charge in [-0.05, 0) is 12.5 Å². The Labute approximate surface area is 96.3 Å². The van der Waals surface area contributed by atoms with Crippen LogP contribution in [0.15, 0.2) is 35.9 Å². The first-order valence-corrected chi connectivity index (χ1v) is 5.40. The van der Waals surface area contributed by atoms with E-state index in [1.54, 1.807) is 0 Å². The van der Waals surface area contributed by atoms with Crippen LogP contribution >= 0.6 is 0 Å².